The van der Waals surface area contributed by atoms with Gasteiger partial charge in [-0.15, -0.1) is 11.8 Å². The van der Waals surface area contributed by atoms with Crippen LogP contribution in [0.1, 0.15) is 35.9 Å². The van der Waals surface area contributed by atoms with Crippen LogP contribution in [0.15, 0.2) is 28.8 Å². The quantitative estimate of drug-likeness (QED) is 0.676. The average Bonchev–Trinajstić information content (AvgIpc) is 2.93. The molecule has 7 nitrogen and oxygen atoms in total. The van der Waals surface area contributed by atoms with E-state index in [-0.39, 0.29) is 18.1 Å². The minimum atomic E-state index is -1.04. The molecule has 0 aliphatic heterocycles. The summed E-state index contributed by atoms with van der Waals surface area (Å²) in [5.74, 6) is 0.910. The smallest absolute Gasteiger partial charge is 0.306 e. The number of hydrogen-bond donors (Lipinski definition) is 2. The number of carboxylic acid groups (broad SMARTS) is 1. The largest absolute Gasteiger partial charge is 0.497 e. The molecule has 1 aromatic carbocycles. The van der Waals surface area contributed by atoms with Gasteiger partial charge in [-0.2, -0.15) is 0 Å². The van der Waals surface area contributed by atoms with Crippen molar-refractivity contribution in [2.24, 2.45) is 0 Å². The second kappa shape index (κ2) is 8.94. The van der Waals surface area contributed by atoms with Gasteiger partial charge < -0.3 is 19.7 Å². The summed E-state index contributed by atoms with van der Waals surface area (Å²) in [4.78, 5) is 23.8. The number of carbonyl (C=O) groups excluding carboxylic acids is 1. The fourth-order valence-electron chi connectivity index (χ4n) is 2.78. The predicted molar refractivity (Wildman–Crippen MR) is 103 cm³/mol. The zero-order valence-corrected chi connectivity index (χ0v) is 16.7. The van der Waals surface area contributed by atoms with E-state index >= 15 is 0 Å². The van der Waals surface area contributed by atoms with E-state index in [1.165, 1.54) is 18.9 Å². The summed E-state index contributed by atoms with van der Waals surface area (Å²) >= 11 is 1.43. The Kier molecular flexibility index (Phi) is 6.90. The van der Waals surface area contributed by atoms with Crippen LogP contribution in [-0.2, 0) is 20.9 Å². The van der Waals surface area contributed by atoms with E-state index in [0.29, 0.717) is 17.1 Å². The summed E-state index contributed by atoms with van der Waals surface area (Å²) in [7, 11) is 1.54. The minimum Gasteiger partial charge on any atom is -0.497 e. The van der Waals surface area contributed by atoms with Gasteiger partial charge in [0.1, 0.15) is 11.5 Å². The van der Waals surface area contributed by atoms with Crippen molar-refractivity contribution in [3.05, 3.63) is 46.8 Å². The topological polar surface area (TPSA) is 102 Å². The number of benzene rings is 1. The van der Waals surface area contributed by atoms with Gasteiger partial charge >= 0.3 is 5.97 Å². The Hall–Kier alpha value is -2.48. The molecule has 0 saturated heterocycles. The second-order valence-electron chi connectivity index (χ2n) is 6.48. The van der Waals surface area contributed by atoms with Crippen LogP contribution in [0.25, 0.3) is 0 Å². The zero-order valence-electron chi connectivity index (χ0n) is 15.9. The highest BCUT2D eigenvalue weighted by atomic mass is 32.2. The molecule has 0 aliphatic rings. The molecule has 0 spiro atoms. The third-order valence-electron chi connectivity index (χ3n) is 4.29. The third-order valence-corrected chi connectivity index (χ3v) is 5.25. The number of nitrogens with one attached hydrogen (secondary N) is 1. The summed E-state index contributed by atoms with van der Waals surface area (Å²) in [6, 6.07) is 7.06. The number of aryl methyl sites for hydroxylation is 2. The lowest BCUT2D eigenvalue weighted by Gasteiger charge is -2.30. The van der Waals surface area contributed by atoms with E-state index in [0.717, 1.165) is 17.0 Å². The van der Waals surface area contributed by atoms with Crippen LogP contribution in [0, 0.1) is 13.8 Å². The standard InChI is InChI=1S/C19H24N2O5S/c1-12-16(13(2)26-21-12)10-27-11-17(22)20-19(3,9-18(23)24)14-6-5-7-15(8-14)25-4/h5-8H,9-11H2,1-4H3,(H,20,22)(H,23,24). The highest BCUT2D eigenvalue weighted by Crippen LogP contribution is 2.28. The summed E-state index contributed by atoms with van der Waals surface area (Å²) in [5.41, 5.74) is 1.43. The lowest BCUT2D eigenvalue weighted by atomic mass is 9.88. The molecular formula is C19H24N2O5S. The van der Waals surface area contributed by atoms with Crippen LogP contribution in [-0.4, -0.2) is 35.0 Å². The Labute approximate surface area is 162 Å². The molecule has 27 heavy (non-hydrogen) atoms. The molecule has 1 unspecified atom stereocenters. The predicted octanol–water partition coefficient (Wildman–Crippen LogP) is 3.04. The first-order valence-electron chi connectivity index (χ1n) is 8.42. The number of aliphatic carboxylic acids is 1. The number of hydrogen-bond acceptors (Lipinski definition) is 6. The van der Waals surface area contributed by atoms with Gasteiger partial charge in [-0.25, -0.2) is 0 Å². The summed E-state index contributed by atoms with van der Waals surface area (Å²) in [6.45, 7) is 5.40. The van der Waals surface area contributed by atoms with Crippen molar-refractivity contribution in [2.45, 2.75) is 38.5 Å². The van der Waals surface area contributed by atoms with Crippen LogP contribution >= 0.6 is 11.8 Å². The summed E-state index contributed by atoms with van der Waals surface area (Å²) < 4.78 is 10.3. The molecule has 0 saturated carbocycles. The second-order valence-corrected chi connectivity index (χ2v) is 7.46. The van der Waals surface area contributed by atoms with Gasteiger partial charge in [-0.3, -0.25) is 9.59 Å². The van der Waals surface area contributed by atoms with Crippen LogP contribution in [0.4, 0.5) is 0 Å². The normalized spacial score (nSPS) is 13.0. The Morgan fingerprint density at radius 1 is 1.37 bits per heavy atom. The van der Waals surface area contributed by atoms with Crippen LogP contribution in [0.2, 0.25) is 0 Å². The van der Waals surface area contributed by atoms with E-state index in [1.807, 2.05) is 13.8 Å². The van der Waals surface area contributed by atoms with Crippen LogP contribution in [0.5, 0.6) is 5.75 Å². The van der Waals surface area contributed by atoms with Gasteiger partial charge in [0.15, 0.2) is 0 Å². The number of nitrogens with zero attached hydrogens (tertiary/aromatic N) is 1. The molecule has 1 amide bonds. The number of methoxy groups -OCH3 is 1. The maximum absolute atomic E-state index is 12.5. The molecule has 8 heteroatoms. The van der Waals surface area contributed by atoms with Gasteiger partial charge in [0.25, 0.3) is 0 Å². The number of carboxylic acids is 1. The van der Waals surface area contributed by atoms with Crippen molar-refractivity contribution in [3.8, 4) is 5.75 Å². The number of carbonyl (C=O) groups is 2. The van der Waals surface area contributed by atoms with Crippen molar-refractivity contribution in [1.29, 1.82) is 0 Å². The van der Waals surface area contributed by atoms with Crippen molar-refractivity contribution in [1.82, 2.24) is 10.5 Å². The van der Waals surface area contributed by atoms with Crippen molar-refractivity contribution < 1.29 is 24.0 Å². The van der Waals surface area contributed by atoms with Gasteiger partial charge in [0.2, 0.25) is 5.91 Å². The molecular weight excluding hydrogens is 368 g/mol. The average molecular weight is 392 g/mol. The molecule has 146 valence electrons. The maximum Gasteiger partial charge on any atom is 0.306 e. The van der Waals surface area contributed by atoms with Crippen molar-refractivity contribution in [2.75, 3.05) is 12.9 Å². The molecule has 1 atom stereocenters. The van der Waals surface area contributed by atoms with Crippen LogP contribution < -0.4 is 10.1 Å². The highest BCUT2D eigenvalue weighted by molar-refractivity contribution is 7.99. The van der Waals surface area contributed by atoms with Gasteiger partial charge in [-0.05, 0) is 38.5 Å². The number of ether oxygens (including phenoxy) is 1. The Balaban J connectivity index is 2.06. The van der Waals surface area contributed by atoms with Crippen LogP contribution in [0.3, 0.4) is 0 Å². The van der Waals surface area contributed by atoms with E-state index in [2.05, 4.69) is 10.5 Å². The molecule has 2 N–H and O–H groups in total. The molecule has 0 bridgehead atoms. The van der Waals surface area contributed by atoms with Crippen molar-refractivity contribution in [3.63, 3.8) is 0 Å². The van der Waals surface area contributed by atoms with Crippen molar-refractivity contribution >= 4 is 23.6 Å². The third kappa shape index (κ3) is 5.50. The SMILES string of the molecule is COc1cccc(C(C)(CC(=O)O)NC(=O)CSCc2c(C)noc2C)c1. The maximum atomic E-state index is 12.5. The number of aromatic nitrogens is 1. The highest BCUT2D eigenvalue weighted by Gasteiger charge is 2.31. The lowest BCUT2D eigenvalue weighted by molar-refractivity contribution is -0.139. The zero-order chi connectivity index (χ0) is 20.0. The first kappa shape index (κ1) is 20.8. The van der Waals surface area contributed by atoms with Gasteiger partial charge in [0.05, 0.1) is 30.5 Å². The molecule has 1 aromatic heterocycles. The fourth-order valence-corrected chi connectivity index (χ4v) is 3.76. The molecule has 0 radical (unpaired) electrons. The fraction of sp³-hybridized carbons (Fsp3) is 0.421. The summed E-state index contributed by atoms with van der Waals surface area (Å²) in [6.07, 6.45) is -0.236. The lowest BCUT2D eigenvalue weighted by Crippen LogP contribution is -2.45. The van der Waals surface area contributed by atoms with E-state index in [4.69, 9.17) is 9.26 Å². The van der Waals surface area contributed by atoms with E-state index < -0.39 is 11.5 Å². The monoisotopic (exact) mass is 392 g/mol. The van der Waals surface area contributed by atoms with Gasteiger partial charge in [-0.1, -0.05) is 17.3 Å². The van der Waals surface area contributed by atoms with Gasteiger partial charge in [0, 0.05) is 11.3 Å². The molecule has 1 heterocycles. The Morgan fingerprint density at radius 2 is 2.11 bits per heavy atom. The minimum absolute atomic E-state index is 0.198. The molecule has 2 aromatic rings. The number of amides is 1. The molecule has 0 fully saturated rings. The molecule has 0 aliphatic carbocycles. The van der Waals surface area contributed by atoms with E-state index in [9.17, 15) is 14.7 Å². The first-order valence-corrected chi connectivity index (χ1v) is 9.57. The number of thioether (sulfide) groups is 1. The summed E-state index contributed by atoms with van der Waals surface area (Å²) in [5, 5.41) is 16.1. The first-order chi connectivity index (χ1) is 12.7. The molecule has 2 rings (SSSR count). The number of rotatable bonds is 9. The Bertz CT molecular complexity index is 801. The Morgan fingerprint density at radius 3 is 2.70 bits per heavy atom. The van der Waals surface area contributed by atoms with E-state index in [1.54, 1.807) is 31.2 Å².